The van der Waals surface area contributed by atoms with Crippen molar-refractivity contribution in [1.82, 2.24) is 5.32 Å². The van der Waals surface area contributed by atoms with Crippen molar-refractivity contribution in [1.29, 1.82) is 0 Å². The first-order chi connectivity index (χ1) is 24.8. The third-order valence-corrected chi connectivity index (χ3v) is 9.67. The first-order valence-electron chi connectivity index (χ1n) is 20.7. The van der Waals surface area contributed by atoms with Crippen molar-refractivity contribution in [2.45, 2.75) is 211 Å². The quantitative estimate of drug-likeness (QED) is 0.0298. The summed E-state index contributed by atoms with van der Waals surface area (Å²) < 4.78 is 11.0. The number of nitrogens with one attached hydrogen (secondary N) is 1. The van der Waals surface area contributed by atoms with E-state index in [-0.39, 0.29) is 18.9 Å². The first kappa shape index (κ1) is 47.4. The molecular formula is C42H77NO8. The fraction of sp³-hybridized carbons (Fsp3) is 0.833. The molecule has 0 spiro atoms. The number of carbonyl (C=O) groups excluding carboxylic acids is 1. The fourth-order valence-corrected chi connectivity index (χ4v) is 6.35. The Morgan fingerprint density at radius 2 is 1.12 bits per heavy atom. The molecule has 0 bridgehead atoms. The van der Waals surface area contributed by atoms with Crippen LogP contribution in [0, 0.1) is 0 Å². The molecule has 1 amide bonds. The Labute approximate surface area is 311 Å². The van der Waals surface area contributed by atoms with Gasteiger partial charge in [-0.2, -0.15) is 0 Å². The summed E-state index contributed by atoms with van der Waals surface area (Å²) in [4.78, 5) is 12.3. The molecule has 1 heterocycles. The SMILES string of the molecule is CCCCCCCCCCCCCCCCCCC/C=C/CC/C=C/CC/C=C/C(O)C(COC1OC(CO)C(O)C(O)C1O)NC(=O)CCC. The van der Waals surface area contributed by atoms with E-state index in [4.69, 9.17) is 9.47 Å². The third-order valence-electron chi connectivity index (χ3n) is 9.67. The van der Waals surface area contributed by atoms with Crippen LogP contribution in [0.3, 0.4) is 0 Å². The Morgan fingerprint density at radius 1 is 0.647 bits per heavy atom. The average molecular weight is 724 g/mol. The van der Waals surface area contributed by atoms with Gasteiger partial charge in [-0.15, -0.1) is 0 Å². The number of hydrogen-bond donors (Lipinski definition) is 6. The maximum Gasteiger partial charge on any atom is 0.220 e. The number of rotatable bonds is 33. The molecule has 1 aliphatic heterocycles. The second-order valence-corrected chi connectivity index (χ2v) is 14.4. The van der Waals surface area contributed by atoms with Gasteiger partial charge in [0.15, 0.2) is 6.29 Å². The summed E-state index contributed by atoms with van der Waals surface area (Å²) in [6.07, 6.45) is 33.8. The highest BCUT2D eigenvalue weighted by Crippen LogP contribution is 2.22. The van der Waals surface area contributed by atoms with Gasteiger partial charge in [-0.3, -0.25) is 4.79 Å². The molecule has 51 heavy (non-hydrogen) atoms. The number of aliphatic hydroxyl groups excluding tert-OH is 5. The summed E-state index contributed by atoms with van der Waals surface area (Å²) in [5, 5.41) is 53.1. The lowest BCUT2D eigenvalue weighted by molar-refractivity contribution is -0.302. The van der Waals surface area contributed by atoms with Crippen LogP contribution in [0.2, 0.25) is 0 Å². The highest BCUT2D eigenvalue weighted by molar-refractivity contribution is 5.76. The van der Waals surface area contributed by atoms with E-state index in [0.29, 0.717) is 6.42 Å². The summed E-state index contributed by atoms with van der Waals surface area (Å²) in [6, 6.07) is -0.820. The van der Waals surface area contributed by atoms with Gasteiger partial charge in [-0.25, -0.2) is 0 Å². The summed E-state index contributed by atoms with van der Waals surface area (Å²) in [5.74, 6) is -0.246. The van der Waals surface area contributed by atoms with Crippen molar-refractivity contribution >= 4 is 5.91 Å². The Morgan fingerprint density at radius 3 is 1.61 bits per heavy atom. The molecule has 7 unspecified atom stereocenters. The zero-order chi connectivity index (χ0) is 37.4. The predicted octanol–water partition coefficient (Wildman–Crippen LogP) is 7.72. The highest BCUT2D eigenvalue weighted by Gasteiger charge is 2.44. The molecule has 0 aromatic carbocycles. The smallest absolute Gasteiger partial charge is 0.220 e. The van der Waals surface area contributed by atoms with Gasteiger partial charge in [0.25, 0.3) is 0 Å². The Hall–Kier alpha value is -1.59. The van der Waals surface area contributed by atoms with Gasteiger partial charge in [0.1, 0.15) is 24.4 Å². The van der Waals surface area contributed by atoms with Gasteiger partial charge in [0, 0.05) is 6.42 Å². The van der Waals surface area contributed by atoms with Crippen molar-refractivity contribution in [3.05, 3.63) is 36.5 Å². The predicted molar refractivity (Wildman–Crippen MR) is 207 cm³/mol. The van der Waals surface area contributed by atoms with Crippen LogP contribution in [0.25, 0.3) is 0 Å². The third kappa shape index (κ3) is 24.4. The van der Waals surface area contributed by atoms with Crippen molar-refractivity contribution in [3.63, 3.8) is 0 Å². The van der Waals surface area contributed by atoms with Crippen molar-refractivity contribution in [2.75, 3.05) is 13.2 Å². The van der Waals surface area contributed by atoms with Crippen LogP contribution in [-0.4, -0.2) is 87.5 Å². The zero-order valence-electron chi connectivity index (χ0n) is 32.4. The largest absolute Gasteiger partial charge is 0.394 e. The molecule has 7 atom stereocenters. The van der Waals surface area contributed by atoms with Gasteiger partial charge in [-0.05, 0) is 44.9 Å². The molecule has 0 aliphatic carbocycles. The topological polar surface area (TPSA) is 149 Å². The molecule has 0 aromatic rings. The standard InChI is InChI=1S/C42H77NO8/c1-3-5-6-7-8-9-10-11-12-13-14-15-16-17-18-19-20-21-22-23-24-25-26-27-28-29-30-32-36(45)35(43-38(46)31-4-2)34-50-42-41(49)40(48)39(47)37(33-44)51-42/h22-23,26-27,30,32,35-37,39-42,44-45,47-49H,3-21,24-25,28-29,31,33-34H2,1-2H3,(H,43,46)/b23-22+,27-26+,32-30+. The van der Waals surface area contributed by atoms with Crippen molar-refractivity contribution in [2.24, 2.45) is 0 Å². The molecule has 1 aliphatic rings. The Bertz CT molecular complexity index is 894. The van der Waals surface area contributed by atoms with Gasteiger partial charge in [-0.1, -0.05) is 153 Å². The Kier molecular flexibility index (Phi) is 30.7. The van der Waals surface area contributed by atoms with E-state index in [2.05, 4.69) is 36.5 Å². The van der Waals surface area contributed by atoms with Crippen molar-refractivity contribution in [3.8, 4) is 0 Å². The van der Waals surface area contributed by atoms with Crippen LogP contribution in [0.4, 0.5) is 0 Å². The van der Waals surface area contributed by atoms with Gasteiger partial charge >= 0.3 is 0 Å². The average Bonchev–Trinajstić information content (AvgIpc) is 3.12. The van der Waals surface area contributed by atoms with Crippen LogP contribution in [0.5, 0.6) is 0 Å². The molecule has 0 saturated carbocycles. The van der Waals surface area contributed by atoms with Crippen LogP contribution in [0.15, 0.2) is 36.5 Å². The Balaban J connectivity index is 2.11. The molecule has 9 heteroatoms. The minimum atomic E-state index is -1.57. The number of amides is 1. The molecule has 298 valence electrons. The molecule has 1 rings (SSSR count). The van der Waals surface area contributed by atoms with Crippen LogP contribution < -0.4 is 5.32 Å². The van der Waals surface area contributed by atoms with E-state index in [1.165, 1.54) is 116 Å². The summed E-state index contributed by atoms with van der Waals surface area (Å²) in [5.41, 5.74) is 0. The zero-order valence-corrected chi connectivity index (χ0v) is 32.4. The highest BCUT2D eigenvalue weighted by atomic mass is 16.7. The molecule has 1 fully saturated rings. The number of allylic oxidation sites excluding steroid dienone is 5. The van der Waals surface area contributed by atoms with Gasteiger partial charge < -0.3 is 40.3 Å². The van der Waals surface area contributed by atoms with E-state index in [1.807, 2.05) is 13.0 Å². The maximum absolute atomic E-state index is 12.3. The van der Waals surface area contributed by atoms with Gasteiger partial charge in [0.05, 0.1) is 25.4 Å². The van der Waals surface area contributed by atoms with Crippen LogP contribution in [0.1, 0.15) is 168 Å². The van der Waals surface area contributed by atoms with Crippen LogP contribution >= 0.6 is 0 Å². The summed E-state index contributed by atoms with van der Waals surface area (Å²) in [7, 11) is 0. The number of hydrogen-bond acceptors (Lipinski definition) is 8. The number of ether oxygens (including phenoxy) is 2. The summed E-state index contributed by atoms with van der Waals surface area (Å²) >= 11 is 0. The molecular weight excluding hydrogens is 646 g/mol. The van der Waals surface area contributed by atoms with Gasteiger partial charge in [0.2, 0.25) is 5.91 Å². The fourth-order valence-electron chi connectivity index (χ4n) is 6.35. The molecule has 1 saturated heterocycles. The minimum absolute atomic E-state index is 0.212. The monoisotopic (exact) mass is 724 g/mol. The minimum Gasteiger partial charge on any atom is -0.394 e. The lowest BCUT2D eigenvalue weighted by atomic mass is 9.99. The van der Waals surface area contributed by atoms with E-state index in [9.17, 15) is 30.3 Å². The number of aliphatic hydroxyl groups is 5. The molecule has 6 N–H and O–H groups in total. The van der Waals surface area contributed by atoms with Crippen LogP contribution in [-0.2, 0) is 14.3 Å². The number of carbonyl (C=O) groups is 1. The maximum atomic E-state index is 12.3. The lowest BCUT2D eigenvalue weighted by Crippen LogP contribution is -2.60. The summed E-state index contributed by atoms with van der Waals surface area (Å²) in [6.45, 7) is 3.38. The lowest BCUT2D eigenvalue weighted by Gasteiger charge is -2.40. The van der Waals surface area contributed by atoms with Crippen molar-refractivity contribution < 1.29 is 39.8 Å². The van der Waals surface area contributed by atoms with E-state index in [0.717, 1.165) is 25.7 Å². The molecule has 0 aromatic heterocycles. The molecule has 0 radical (unpaired) electrons. The second-order valence-electron chi connectivity index (χ2n) is 14.4. The van der Waals surface area contributed by atoms with E-state index >= 15 is 0 Å². The second kappa shape index (κ2) is 33.0. The number of unbranched alkanes of at least 4 members (excludes halogenated alkanes) is 19. The van der Waals surface area contributed by atoms with E-state index < -0.39 is 49.5 Å². The first-order valence-corrected chi connectivity index (χ1v) is 20.7. The normalized spacial score (nSPS) is 22.4. The van der Waals surface area contributed by atoms with E-state index in [1.54, 1.807) is 6.08 Å². The molecule has 9 nitrogen and oxygen atoms in total.